The van der Waals surface area contributed by atoms with Gasteiger partial charge in [-0.1, -0.05) is 30.0 Å². The lowest BCUT2D eigenvalue weighted by Gasteiger charge is -2.09. The molecule has 2 aliphatic heterocycles. The molecule has 0 saturated carbocycles. The second-order valence-electron chi connectivity index (χ2n) is 7.01. The van der Waals surface area contributed by atoms with Crippen molar-refractivity contribution in [3.63, 3.8) is 0 Å². The highest BCUT2D eigenvalue weighted by atomic mass is 32.2. The second kappa shape index (κ2) is 8.41. The predicted molar refractivity (Wildman–Crippen MR) is 122 cm³/mol. The molecule has 1 amide bonds. The summed E-state index contributed by atoms with van der Waals surface area (Å²) in [7, 11) is -2.94. The van der Waals surface area contributed by atoms with E-state index in [1.165, 1.54) is 11.8 Å². The number of aliphatic imine (C=N–C) groups is 1. The molecule has 2 atom stereocenters. The van der Waals surface area contributed by atoms with E-state index < -0.39 is 9.84 Å². The van der Waals surface area contributed by atoms with Crippen LogP contribution in [0.5, 0.6) is 0 Å². The molecule has 0 spiro atoms. The highest BCUT2D eigenvalue weighted by Gasteiger charge is 2.42. The number of sulfone groups is 1. The van der Waals surface area contributed by atoms with Crippen LogP contribution in [-0.4, -0.2) is 48.5 Å². The van der Waals surface area contributed by atoms with E-state index in [0.29, 0.717) is 6.42 Å². The molecule has 2 heterocycles. The van der Waals surface area contributed by atoms with Crippen LogP contribution in [-0.2, 0) is 21.1 Å². The van der Waals surface area contributed by atoms with Gasteiger partial charge in [-0.15, -0.1) is 11.8 Å². The minimum absolute atomic E-state index is 0.0232. The van der Waals surface area contributed by atoms with Gasteiger partial charge in [0.1, 0.15) is 0 Å². The zero-order valence-corrected chi connectivity index (χ0v) is 18.2. The van der Waals surface area contributed by atoms with Crippen LogP contribution in [0.3, 0.4) is 0 Å². The van der Waals surface area contributed by atoms with Gasteiger partial charge in [0.15, 0.2) is 15.0 Å². The Hall–Kier alpha value is -1.97. The first kappa shape index (κ1) is 20.3. The van der Waals surface area contributed by atoms with E-state index in [4.69, 9.17) is 0 Å². The Morgan fingerprint density at radius 3 is 2.69 bits per heavy atom. The molecule has 9 heteroatoms. The molecular weight excluding hydrogens is 426 g/mol. The molecular formula is C20H21N3O3S3. The van der Waals surface area contributed by atoms with Crippen LogP contribution in [0.4, 0.5) is 11.4 Å². The maximum atomic E-state index is 12.3. The van der Waals surface area contributed by atoms with Crippen LogP contribution < -0.4 is 10.6 Å². The monoisotopic (exact) mass is 447 g/mol. The van der Waals surface area contributed by atoms with E-state index >= 15 is 0 Å². The van der Waals surface area contributed by atoms with Gasteiger partial charge >= 0.3 is 0 Å². The Morgan fingerprint density at radius 1 is 1.17 bits per heavy atom. The van der Waals surface area contributed by atoms with Gasteiger partial charge in [-0.2, -0.15) is 0 Å². The number of hydrogen-bond donors (Lipinski definition) is 2. The fourth-order valence-electron chi connectivity index (χ4n) is 3.34. The molecule has 0 bridgehead atoms. The van der Waals surface area contributed by atoms with E-state index in [-0.39, 0.29) is 28.7 Å². The predicted octanol–water partition coefficient (Wildman–Crippen LogP) is 3.27. The van der Waals surface area contributed by atoms with E-state index in [0.717, 1.165) is 27.0 Å². The SMILES string of the molecule is CSc1cccc(NC(=O)Cc2ccc(NC3=N[C@@H]4CS(=O)(=O)C[C@@H]4S3)cc2)c1. The number of nitrogens with zero attached hydrogens (tertiary/aromatic N) is 1. The Bertz CT molecular complexity index is 1050. The molecule has 2 aromatic rings. The van der Waals surface area contributed by atoms with Gasteiger partial charge < -0.3 is 10.6 Å². The lowest BCUT2D eigenvalue weighted by atomic mass is 10.1. The van der Waals surface area contributed by atoms with Gasteiger partial charge in [0.25, 0.3) is 0 Å². The van der Waals surface area contributed by atoms with Crippen LogP contribution in [0.15, 0.2) is 58.4 Å². The van der Waals surface area contributed by atoms with Crippen molar-refractivity contribution < 1.29 is 13.2 Å². The van der Waals surface area contributed by atoms with Crippen molar-refractivity contribution >= 4 is 55.8 Å². The third-order valence-electron chi connectivity index (χ3n) is 4.74. The molecule has 2 aromatic carbocycles. The van der Waals surface area contributed by atoms with Gasteiger partial charge in [0.2, 0.25) is 5.91 Å². The van der Waals surface area contributed by atoms with E-state index in [1.807, 2.05) is 54.8 Å². The summed E-state index contributed by atoms with van der Waals surface area (Å²) in [6.45, 7) is 0. The summed E-state index contributed by atoms with van der Waals surface area (Å²) in [5.74, 6) is 0.281. The Labute approximate surface area is 178 Å². The molecule has 0 aromatic heterocycles. The van der Waals surface area contributed by atoms with E-state index in [2.05, 4.69) is 15.6 Å². The number of benzene rings is 2. The van der Waals surface area contributed by atoms with E-state index in [9.17, 15) is 13.2 Å². The number of amidine groups is 1. The normalized spacial score (nSPS) is 22.0. The zero-order chi connectivity index (χ0) is 20.4. The fourth-order valence-corrected chi connectivity index (χ4v) is 7.47. The van der Waals surface area contributed by atoms with Crippen molar-refractivity contribution in [1.29, 1.82) is 0 Å². The minimum Gasteiger partial charge on any atom is -0.335 e. The Balaban J connectivity index is 1.32. The zero-order valence-electron chi connectivity index (χ0n) is 15.8. The third-order valence-corrected chi connectivity index (χ3v) is 8.61. The molecule has 2 N–H and O–H groups in total. The molecule has 0 radical (unpaired) electrons. The molecule has 0 unspecified atom stereocenters. The Kier molecular flexibility index (Phi) is 5.89. The summed E-state index contributed by atoms with van der Waals surface area (Å²) < 4.78 is 23.3. The van der Waals surface area contributed by atoms with Crippen molar-refractivity contribution in [2.45, 2.75) is 22.6 Å². The van der Waals surface area contributed by atoms with Crippen LogP contribution in [0.1, 0.15) is 5.56 Å². The van der Waals surface area contributed by atoms with Crippen molar-refractivity contribution in [2.75, 3.05) is 28.4 Å². The molecule has 152 valence electrons. The average Bonchev–Trinajstić information content (AvgIpc) is 3.16. The lowest BCUT2D eigenvalue weighted by molar-refractivity contribution is -0.115. The standard InChI is InChI=1S/C20H21N3O3S3/c1-27-16-4-2-3-15(10-16)21-19(24)9-13-5-7-14(8-6-13)22-20-23-17-11-29(25,26)12-18(17)28-20/h2-8,10,17-18H,9,11-12H2,1H3,(H,21,24)(H,22,23)/t17-,18+/m1/s1. The summed E-state index contributed by atoms with van der Waals surface area (Å²) in [5.41, 5.74) is 2.58. The smallest absolute Gasteiger partial charge is 0.228 e. The molecule has 0 aliphatic carbocycles. The minimum atomic E-state index is -2.94. The summed E-state index contributed by atoms with van der Waals surface area (Å²) in [6.07, 6.45) is 2.29. The first-order chi connectivity index (χ1) is 13.9. The van der Waals surface area contributed by atoms with Crippen molar-refractivity contribution in [3.05, 3.63) is 54.1 Å². The fraction of sp³-hybridized carbons (Fsp3) is 0.300. The number of fused-ring (bicyclic) bond motifs is 1. The quantitative estimate of drug-likeness (QED) is 0.684. The maximum absolute atomic E-state index is 12.3. The van der Waals surface area contributed by atoms with E-state index in [1.54, 1.807) is 11.8 Å². The largest absolute Gasteiger partial charge is 0.335 e. The lowest BCUT2D eigenvalue weighted by Crippen LogP contribution is -2.14. The number of amides is 1. The molecule has 1 saturated heterocycles. The van der Waals surface area contributed by atoms with Crippen molar-refractivity contribution in [1.82, 2.24) is 0 Å². The topological polar surface area (TPSA) is 87.6 Å². The maximum Gasteiger partial charge on any atom is 0.228 e. The van der Waals surface area contributed by atoms with Crippen LogP contribution in [0.2, 0.25) is 0 Å². The summed E-state index contributed by atoms with van der Waals surface area (Å²) in [4.78, 5) is 17.9. The van der Waals surface area contributed by atoms with Gasteiger partial charge in [0, 0.05) is 21.5 Å². The van der Waals surface area contributed by atoms with Gasteiger partial charge in [-0.05, 0) is 42.2 Å². The van der Waals surface area contributed by atoms with Gasteiger partial charge in [0.05, 0.1) is 24.0 Å². The van der Waals surface area contributed by atoms with Crippen LogP contribution in [0, 0.1) is 0 Å². The Morgan fingerprint density at radius 2 is 1.97 bits per heavy atom. The van der Waals surface area contributed by atoms with Crippen LogP contribution >= 0.6 is 23.5 Å². The number of carbonyl (C=O) groups excluding carboxylic acids is 1. The number of hydrogen-bond acceptors (Lipinski definition) is 7. The summed E-state index contributed by atoms with van der Waals surface area (Å²) in [5, 5.41) is 6.95. The van der Waals surface area contributed by atoms with Crippen LogP contribution in [0.25, 0.3) is 0 Å². The molecule has 1 fully saturated rings. The highest BCUT2D eigenvalue weighted by Crippen LogP contribution is 2.34. The number of nitrogens with one attached hydrogen (secondary N) is 2. The highest BCUT2D eigenvalue weighted by molar-refractivity contribution is 8.15. The molecule has 29 heavy (non-hydrogen) atoms. The number of carbonyl (C=O) groups is 1. The van der Waals surface area contributed by atoms with Crippen molar-refractivity contribution in [2.24, 2.45) is 4.99 Å². The van der Waals surface area contributed by atoms with Gasteiger partial charge in [-0.25, -0.2) is 8.42 Å². The number of anilines is 2. The van der Waals surface area contributed by atoms with Crippen molar-refractivity contribution in [3.8, 4) is 0 Å². The molecule has 4 rings (SSSR count). The third kappa shape index (κ3) is 5.15. The summed E-state index contributed by atoms with van der Waals surface area (Å²) >= 11 is 3.13. The number of thioether (sulfide) groups is 2. The first-order valence-electron chi connectivity index (χ1n) is 9.15. The second-order valence-corrected chi connectivity index (χ2v) is 11.3. The molecule has 2 aliphatic rings. The first-order valence-corrected chi connectivity index (χ1v) is 13.1. The molecule has 6 nitrogen and oxygen atoms in total. The summed E-state index contributed by atoms with van der Waals surface area (Å²) in [6, 6.07) is 15.3. The average molecular weight is 448 g/mol. The van der Waals surface area contributed by atoms with Gasteiger partial charge in [-0.3, -0.25) is 9.79 Å². The number of rotatable bonds is 5.